The fourth-order valence-corrected chi connectivity index (χ4v) is 2.37. The molecule has 0 spiro atoms. The first-order valence-electron chi connectivity index (χ1n) is 8.17. The van der Waals surface area contributed by atoms with Crippen molar-refractivity contribution in [2.45, 2.75) is 39.7 Å². The third-order valence-corrected chi connectivity index (χ3v) is 3.78. The lowest BCUT2D eigenvalue weighted by molar-refractivity contribution is -0.118. The highest BCUT2D eigenvalue weighted by Gasteiger charge is 2.10. The Balaban J connectivity index is 1.97. The monoisotopic (exact) mass is 325 g/mol. The predicted molar refractivity (Wildman–Crippen MR) is 95.0 cm³/mol. The number of carbonyl (C=O) groups is 2. The van der Waals surface area contributed by atoms with Gasteiger partial charge in [0.15, 0.2) is 0 Å². The molecule has 0 heterocycles. The maximum absolute atomic E-state index is 12.0. The normalized spacial score (nSPS) is 10.2. The molecule has 2 aromatic rings. The molecule has 0 fully saturated rings. The summed E-state index contributed by atoms with van der Waals surface area (Å²) in [5.41, 5.74) is 3.68. The van der Waals surface area contributed by atoms with Crippen molar-refractivity contribution in [3.63, 3.8) is 0 Å². The molecule has 126 valence electrons. The van der Waals surface area contributed by atoms with Gasteiger partial charge < -0.3 is 4.74 Å². The number of hydrogen-bond donors (Lipinski definition) is 1. The van der Waals surface area contributed by atoms with E-state index in [9.17, 15) is 9.59 Å². The van der Waals surface area contributed by atoms with Crippen molar-refractivity contribution in [2.24, 2.45) is 0 Å². The Kier molecular flexibility index (Phi) is 6.55. The number of benzene rings is 2. The van der Waals surface area contributed by atoms with Crippen LogP contribution in [0.5, 0.6) is 0 Å². The number of ketones is 1. The first kappa shape index (κ1) is 17.7. The Hall–Kier alpha value is -2.62. The summed E-state index contributed by atoms with van der Waals surface area (Å²) in [5, 5.41) is 2.78. The third-order valence-electron chi connectivity index (χ3n) is 3.78. The molecule has 2 aromatic carbocycles. The van der Waals surface area contributed by atoms with E-state index in [0.29, 0.717) is 24.9 Å². The van der Waals surface area contributed by atoms with Gasteiger partial charge in [0.25, 0.3) is 0 Å². The van der Waals surface area contributed by atoms with E-state index < -0.39 is 6.09 Å². The van der Waals surface area contributed by atoms with Crippen LogP contribution in [-0.4, -0.2) is 11.9 Å². The summed E-state index contributed by atoms with van der Waals surface area (Å²) >= 11 is 0. The SMILES string of the molecule is CCC(=O)CCc1cc(C)ccc1NC(=O)OCc1ccccc1. The number of ether oxygens (including phenoxy) is 1. The van der Waals surface area contributed by atoms with Crippen LogP contribution in [0.3, 0.4) is 0 Å². The van der Waals surface area contributed by atoms with Gasteiger partial charge in [-0.3, -0.25) is 10.1 Å². The van der Waals surface area contributed by atoms with Gasteiger partial charge in [-0.25, -0.2) is 4.79 Å². The fourth-order valence-electron chi connectivity index (χ4n) is 2.37. The number of nitrogens with one attached hydrogen (secondary N) is 1. The van der Waals surface area contributed by atoms with E-state index >= 15 is 0 Å². The maximum Gasteiger partial charge on any atom is 0.411 e. The van der Waals surface area contributed by atoms with Gasteiger partial charge in [0, 0.05) is 18.5 Å². The van der Waals surface area contributed by atoms with E-state index in [4.69, 9.17) is 4.74 Å². The lowest BCUT2D eigenvalue weighted by Crippen LogP contribution is -2.15. The van der Waals surface area contributed by atoms with Crippen molar-refractivity contribution in [1.29, 1.82) is 0 Å². The molecule has 24 heavy (non-hydrogen) atoms. The zero-order chi connectivity index (χ0) is 17.4. The Labute approximate surface area is 142 Å². The standard InChI is InChI=1S/C20H23NO3/c1-3-18(22)11-10-17-13-15(2)9-12-19(17)21-20(23)24-14-16-7-5-4-6-8-16/h4-9,12-13H,3,10-11,14H2,1-2H3,(H,21,23). The van der Waals surface area contributed by atoms with Gasteiger partial charge in [0.05, 0.1) is 0 Å². The van der Waals surface area contributed by atoms with Crippen LogP contribution in [0.15, 0.2) is 48.5 Å². The van der Waals surface area contributed by atoms with Gasteiger partial charge in [-0.15, -0.1) is 0 Å². The average molecular weight is 325 g/mol. The smallest absolute Gasteiger partial charge is 0.411 e. The van der Waals surface area contributed by atoms with Crippen molar-refractivity contribution in [3.8, 4) is 0 Å². The highest BCUT2D eigenvalue weighted by Crippen LogP contribution is 2.20. The molecule has 2 rings (SSSR count). The fraction of sp³-hybridized carbons (Fsp3) is 0.300. The van der Waals surface area contributed by atoms with E-state index in [1.807, 2.05) is 62.4 Å². The molecule has 0 aromatic heterocycles. The van der Waals surface area contributed by atoms with Gasteiger partial charge in [-0.1, -0.05) is 55.0 Å². The van der Waals surface area contributed by atoms with Crippen LogP contribution in [0.25, 0.3) is 0 Å². The summed E-state index contributed by atoms with van der Waals surface area (Å²) in [7, 11) is 0. The summed E-state index contributed by atoms with van der Waals surface area (Å²) in [4.78, 5) is 23.6. The first-order valence-corrected chi connectivity index (χ1v) is 8.17. The number of carbonyl (C=O) groups excluding carboxylic acids is 2. The van der Waals surface area contributed by atoms with Crippen LogP contribution in [0.4, 0.5) is 10.5 Å². The van der Waals surface area contributed by atoms with Crippen LogP contribution >= 0.6 is 0 Å². The quantitative estimate of drug-likeness (QED) is 0.806. The van der Waals surface area contributed by atoms with Gasteiger partial charge in [-0.2, -0.15) is 0 Å². The molecule has 0 unspecified atom stereocenters. The average Bonchev–Trinajstić information content (AvgIpc) is 2.60. The zero-order valence-corrected chi connectivity index (χ0v) is 14.2. The van der Waals surface area contributed by atoms with Crippen LogP contribution in [0, 0.1) is 6.92 Å². The molecule has 0 aliphatic rings. The second-order valence-electron chi connectivity index (χ2n) is 5.74. The highest BCUT2D eigenvalue weighted by molar-refractivity contribution is 5.86. The van der Waals surface area contributed by atoms with Crippen molar-refractivity contribution >= 4 is 17.6 Å². The van der Waals surface area contributed by atoms with E-state index in [1.54, 1.807) is 0 Å². The Morgan fingerprint density at radius 2 is 1.83 bits per heavy atom. The zero-order valence-electron chi connectivity index (χ0n) is 14.2. The van der Waals surface area contributed by atoms with E-state index in [0.717, 1.165) is 16.7 Å². The minimum atomic E-state index is -0.495. The van der Waals surface area contributed by atoms with E-state index in [-0.39, 0.29) is 12.4 Å². The van der Waals surface area contributed by atoms with Crippen molar-refractivity contribution < 1.29 is 14.3 Å². The minimum Gasteiger partial charge on any atom is -0.444 e. The second-order valence-corrected chi connectivity index (χ2v) is 5.74. The molecule has 0 saturated heterocycles. The number of amides is 1. The van der Waals surface area contributed by atoms with Crippen molar-refractivity contribution in [3.05, 3.63) is 65.2 Å². The van der Waals surface area contributed by atoms with Crippen LogP contribution < -0.4 is 5.32 Å². The predicted octanol–water partition coefficient (Wildman–Crippen LogP) is 4.66. The molecule has 0 bridgehead atoms. The second kappa shape index (κ2) is 8.87. The summed E-state index contributed by atoms with van der Waals surface area (Å²) in [6.07, 6.45) is 1.13. The van der Waals surface area contributed by atoms with Gasteiger partial charge in [0.2, 0.25) is 0 Å². The number of anilines is 1. The Bertz CT molecular complexity index is 695. The molecule has 0 aliphatic heterocycles. The third kappa shape index (κ3) is 5.54. The van der Waals surface area contributed by atoms with Gasteiger partial charge in [-0.05, 0) is 30.5 Å². The summed E-state index contributed by atoms with van der Waals surface area (Å²) < 4.78 is 5.25. The lowest BCUT2D eigenvalue weighted by Gasteiger charge is -2.12. The molecule has 4 nitrogen and oxygen atoms in total. The Morgan fingerprint density at radius 1 is 1.08 bits per heavy atom. The molecule has 4 heteroatoms. The molecular weight excluding hydrogens is 302 g/mol. The van der Waals surface area contributed by atoms with Crippen molar-refractivity contribution in [1.82, 2.24) is 0 Å². The molecule has 0 saturated carbocycles. The largest absolute Gasteiger partial charge is 0.444 e. The van der Waals surface area contributed by atoms with Crippen LogP contribution in [0.1, 0.15) is 36.5 Å². The van der Waals surface area contributed by atoms with E-state index in [1.165, 1.54) is 0 Å². The summed E-state index contributed by atoms with van der Waals surface area (Å²) in [6, 6.07) is 15.3. The number of hydrogen-bond acceptors (Lipinski definition) is 3. The number of aryl methyl sites for hydroxylation is 2. The molecule has 1 amide bonds. The lowest BCUT2D eigenvalue weighted by atomic mass is 10.0. The summed E-state index contributed by atoms with van der Waals surface area (Å²) in [5.74, 6) is 0.217. The highest BCUT2D eigenvalue weighted by atomic mass is 16.5. The summed E-state index contributed by atoms with van der Waals surface area (Å²) in [6.45, 7) is 4.07. The molecule has 1 N–H and O–H groups in total. The Morgan fingerprint density at radius 3 is 2.54 bits per heavy atom. The molecule has 0 radical (unpaired) electrons. The minimum absolute atomic E-state index is 0.217. The maximum atomic E-state index is 12.0. The van der Waals surface area contributed by atoms with E-state index in [2.05, 4.69) is 5.32 Å². The number of Topliss-reactive ketones (excluding diaryl/α,β-unsaturated/α-hetero) is 1. The number of rotatable bonds is 7. The van der Waals surface area contributed by atoms with Crippen molar-refractivity contribution in [2.75, 3.05) is 5.32 Å². The van der Waals surface area contributed by atoms with Crippen LogP contribution in [0.2, 0.25) is 0 Å². The topological polar surface area (TPSA) is 55.4 Å². The van der Waals surface area contributed by atoms with Crippen LogP contribution in [-0.2, 0) is 22.6 Å². The molecule has 0 aliphatic carbocycles. The molecular formula is C20H23NO3. The van der Waals surface area contributed by atoms with Gasteiger partial charge in [0.1, 0.15) is 12.4 Å². The first-order chi connectivity index (χ1) is 11.6. The van der Waals surface area contributed by atoms with Gasteiger partial charge >= 0.3 is 6.09 Å². The molecule has 0 atom stereocenters.